The molecule has 2 aromatic rings. The molecule has 1 saturated carbocycles. The Morgan fingerprint density at radius 1 is 1.04 bits per heavy atom. The van der Waals surface area contributed by atoms with E-state index in [9.17, 15) is 9.59 Å². The van der Waals surface area contributed by atoms with E-state index in [1.807, 2.05) is 0 Å². The van der Waals surface area contributed by atoms with E-state index in [-0.39, 0.29) is 30.0 Å². The van der Waals surface area contributed by atoms with Crippen LogP contribution in [0.25, 0.3) is 0 Å². The minimum atomic E-state index is -0.309. The molecule has 0 saturated heterocycles. The summed E-state index contributed by atoms with van der Waals surface area (Å²) >= 11 is 0. The minimum absolute atomic E-state index is 0. The van der Waals surface area contributed by atoms with E-state index in [1.54, 1.807) is 36.4 Å². The van der Waals surface area contributed by atoms with Crippen molar-refractivity contribution >= 4 is 35.6 Å². The quantitative estimate of drug-likeness (QED) is 0.717. The van der Waals surface area contributed by atoms with E-state index >= 15 is 0 Å². The molecule has 1 heterocycles. The van der Waals surface area contributed by atoms with Gasteiger partial charge in [-0.15, -0.1) is 12.4 Å². The number of anilines is 2. The van der Waals surface area contributed by atoms with E-state index < -0.39 is 0 Å². The van der Waals surface area contributed by atoms with E-state index in [4.69, 9.17) is 4.42 Å². The Morgan fingerprint density at radius 2 is 1.71 bits per heavy atom. The maximum Gasteiger partial charge on any atom is 0.291 e. The standard InChI is InChI=1S/C17H19N3O3.ClH/c21-16(11-18-10-12-3-4-12)19-13-5-7-14(8-6-13)20-17(22)15-2-1-9-23-15;/h1-2,5-9,12,18H,3-4,10-11H2,(H,19,21)(H,20,22);1H. The number of hydrogen-bond acceptors (Lipinski definition) is 4. The van der Waals surface area contributed by atoms with Crippen LogP contribution in [0.3, 0.4) is 0 Å². The largest absolute Gasteiger partial charge is 0.459 e. The zero-order valence-corrected chi connectivity index (χ0v) is 13.9. The second-order valence-corrected chi connectivity index (χ2v) is 5.63. The molecular weight excluding hydrogens is 330 g/mol. The number of carbonyl (C=O) groups is 2. The van der Waals surface area contributed by atoms with Gasteiger partial charge in [0, 0.05) is 11.4 Å². The third kappa shape index (κ3) is 5.40. The van der Waals surface area contributed by atoms with Crippen molar-refractivity contribution in [2.24, 2.45) is 5.92 Å². The molecular formula is C17H20ClN3O3. The fraction of sp³-hybridized carbons (Fsp3) is 0.294. The van der Waals surface area contributed by atoms with Gasteiger partial charge >= 0.3 is 0 Å². The highest BCUT2D eigenvalue weighted by Gasteiger charge is 2.20. The number of halogens is 1. The molecule has 0 bridgehead atoms. The van der Waals surface area contributed by atoms with E-state index in [2.05, 4.69) is 16.0 Å². The highest BCUT2D eigenvalue weighted by Crippen LogP contribution is 2.27. The van der Waals surface area contributed by atoms with Crippen molar-refractivity contribution in [1.82, 2.24) is 5.32 Å². The number of rotatable bonds is 7. The van der Waals surface area contributed by atoms with Gasteiger partial charge in [-0.2, -0.15) is 0 Å². The maximum absolute atomic E-state index is 11.8. The van der Waals surface area contributed by atoms with Crippen molar-refractivity contribution in [3.8, 4) is 0 Å². The van der Waals surface area contributed by atoms with Crippen molar-refractivity contribution in [2.45, 2.75) is 12.8 Å². The summed E-state index contributed by atoms with van der Waals surface area (Å²) in [5.41, 5.74) is 1.33. The van der Waals surface area contributed by atoms with Gasteiger partial charge in [-0.05, 0) is 61.7 Å². The molecule has 1 aliphatic carbocycles. The lowest BCUT2D eigenvalue weighted by Gasteiger charge is -2.08. The number of hydrogen-bond donors (Lipinski definition) is 3. The molecule has 128 valence electrons. The number of nitrogens with one attached hydrogen (secondary N) is 3. The number of furan rings is 1. The average Bonchev–Trinajstić information content (AvgIpc) is 3.19. The van der Waals surface area contributed by atoms with Crippen LogP contribution in [-0.2, 0) is 4.79 Å². The summed E-state index contributed by atoms with van der Waals surface area (Å²) in [4.78, 5) is 23.6. The summed E-state index contributed by atoms with van der Waals surface area (Å²) in [6, 6.07) is 10.2. The Kier molecular flexibility index (Phi) is 6.40. The summed E-state index contributed by atoms with van der Waals surface area (Å²) in [6.45, 7) is 1.22. The second kappa shape index (κ2) is 8.52. The summed E-state index contributed by atoms with van der Waals surface area (Å²) < 4.78 is 5.03. The molecule has 1 aliphatic rings. The lowest BCUT2D eigenvalue weighted by Crippen LogP contribution is -2.29. The van der Waals surface area contributed by atoms with Gasteiger partial charge in [0.05, 0.1) is 12.8 Å². The molecule has 2 amide bonds. The highest BCUT2D eigenvalue weighted by molar-refractivity contribution is 6.02. The van der Waals surface area contributed by atoms with Crippen LogP contribution in [0.4, 0.5) is 11.4 Å². The Hall–Kier alpha value is -2.31. The first-order valence-electron chi connectivity index (χ1n) is 7.66. The van der Waals surface area contributed by atoms with Crippen LogP contribution in [-0.4, -0.2) is 24.9 Å². The molecule has 1 aromatic heterocycles. The van der Waals surface area contributed by atoms with E-state index in [0.29, 0.717) is 17.9 Å². The van der Waals surface area contributed by atoms with Crippen molar-refractivity contribution < 1.29 is 14.0 Å². The van der Waals surface area contributed by atoms with Crippen LogP contribution in [0, 0.1) is 5.92 Å². The van der Waals surface area contributed by atoms with Crippen LogP contribution in [0.5, 0.6) is 0 Å². The van der Waals surface area contributed by atoms with Gasteiger partial charge in [0.15, 0.2) is 5.76 Å². The van der Waals surface area contributed by atoms with Crippen molar-refractivity contribution in [1.29, 1.82) is 0 Å². The molecule has 0 radical (unpaired) electrons. The molecule has 3 N–H and O–H groups in total. The van der Waals surface area contributed by atoms with Crippen molar-refractivity contribution in [2.75, 3.05) is 23.7 Å². The maximum atomic E-state index is 11.8. The lowest BCUT2D eigenvalue weighted by molar-refractivity contribution is -0.115. The Balaban J connectivity index is 0.00000208. The molecule has 1 aromatic carbocycles. The molecule has 24 heavy (non-hydrogen) atoms. The third-order valence-electron chi connectivity index (χ3n) is 3.59. The first-order valence-corrected chi connectivity index (χ1v) is 7.66. The summed E-state index contributed by atoms with van der Waals surface area (Å²) in [5.74, 6) is 0.623. The predicted octanol–water partition coefficient (Wildman–Crippen LogP) is 2.89. The van der Waals surface area contributed by atoms with E-state index in [1.165, 1.54) is 19.1 Å². The third-order valence-corrected chi connectivity index (χ3v) is 3.59. The number of benzene rings is 1. The topological polar surface area (TPSA) is 83.4 Å². The Morgan fingerprint density at radius 3 is 2.29 bits per heavy atom. The first-order chi connectivity index (χ1) is 11.2. The van der Waals surface area contributed by atoms with Crippen LogP contribution in [0.2, 0.25) is 0 Å². The van der Waals surface area contributed by atoms with Crippen LogP contribution in [0.15, 0.2) is 47.1 Å². The first kappa shape index (κ1) is 18.0. The van der Waals surface area contributed by atoms with Crippen LogP contribution in [0.1, 0.15) is 23.4 Å². The van der Waals surface area contributed by atoms with Gasteiger partial charge < -0.3 is 20.4 Å². The summed E-state index contributed by atoms with van der Waals surface area (Å²) in [7, 11) is 0. The second-order valence-electron chi connectivity index (χ2n) is 5.63. The van der Waals surface area contributed by atoms with Crippen molar-refractivity contribution in [3.63, 3.8) is 0 Å². The van der Waals surface area contributed by atoms with Gasteiger partial charge in [0.25, 0.3) is 5.91 Å². The highest BCUT2D eigenvalue weighted by atomic mass is 35.5. The normalized spacial score (nSPS) is 13.0. The average molecular weight is 350 g/mol. The summed E-state index contributed by atoms with van der Waals surface area (Å²) in [5, 5.41) is 8.67. The zero-order chi connectivity index (χ0) is 16.1. The van der Waals surface area contributed by atoms with E-state index in [0.717, 1.165) is 12.5 Å². The molecule has 7 heteroatoms. The minimum Gasteiger partial charge on any atom is -0.459 e. The monoisotopic (exact) mass is 349 g/mol. The SMILES string of the molecule is Cl.O=C(CNCC1CC1)Nc1ccc(NC(=O)c2ccco2)cc1. The lowest BCUT2D eigenvalue weighted by atomic mass is 10.2. The van der Waals surface area contributed by atoms with Crippen LogP contribution >= 0.6 is 12.4 Å². The predicted molar refractivity (Wildman–Crippen MR) is 94.6 cm³/mol. The fourth-order valence-corrected chi connectivity index (χ4v) is 2.15. The van der Waals surface area contributed by atoms with Gasteiger partial charge in [-0.3, -0.25) is 9.59 Å². The number of amides is 2. The smallest absolute Gasteiger partial charge is 0.291 e. The van der Waals surface area contributed by atoms with Gasteiger partial charge in [0.1, 0.15) is 0 Å². The molecule has 0 unspecified atom stereocenters. The van der Waals surface area contributed by atoms with Gasteiger partial charge in [-0.25, -0.2) is 0 Å². The zero-order valence-electron chi connectivity index (χ0n) is 13.1. The molecule has 0 aliphatic heterocycles. The molecule has 6 nitrogen and oxygen atoms in total. The molecule has 3 rings (SSSR count). The fourth-order valence-electron chi connectivity index (χ4n) is 2.15. The molecule has 0 spiro atoms. The Bertz CT molecular complexity index is 667. The van der Waals surface area contributed by atoms with Gasteiger partial charge in [0.2, 0.25) is 5.91 Å². The molecule has 0 atom stereocenters. The molecule has 1 fully saturated rings. The van der Waals surface area contributed by atoms with Crippen LogP contribution < -0.4 is 16.0 Å². The van der Waals surface area contributed by atoms with Crippen molar-refractivity contribution in [3.05, 3.63) is 48.4 Å². The summed E-state index contributed by atoms with van der Waals surface area (Å²) in [6.07, 6.45) is 3.98. The number of carbonyl (C=O) groups excluding carboxylic acids is 2. The Labute approximate surface area is 146 Å². The van der Waals surface area contributed by atoms with Gasteiger partial charge in [-0.1, -0.05) is 0 Å².